The minimum Gasteiger partial charge on any atom is -0.444 e. The Morgan fingerprint density at radius 1 is 1.42 bits per heavy atom. The molecule has 0 aromatic heterocycles. The molecular formula is C20H30BN3O2. The molecule has 4 unspecified atom stereocenters. The van der Waals surface area contributed by atoms with Gasteiger partial charge in [-0.05, 0) is 65.2 Å². The lowest BCUT2D eigenvalue weighted by atomic mass is 9.79. The van der Waals surface area contributed by atoms with Crippen molar-refractivity contribution in [3.05, 3.63) is 11.5 Å². The summed E-state index contributed by atoms with van der Waals surface area (Å²) in [5.74, 6) is 0.776. The topological polar surface area (TPSA) is 65.8 Å². The van der Waals surface area contributed by atoms with Crippen LogP contribution < -0.4 is 0 Å². The number of aliphatic imine (C=N–C) groups is 1. The summed E-state index contributed by atoms with van der Waals surface area (Å²) in [6.45, 7) is 6.28. The SMILES string of the molecule is [B]C1=CCC(C(C=N)=NCC2C3CCC(C3)N2C(=O)OC(C)(C)C)CC1. The van der Waals surface area contributed by atoms with Crippen LogP contribution in [0.25, 0.3) is 0 Å². The second kappa shape index (κ2) is 7.57. The summed E-state index contributed by atoms with van der Waals surface area (Å²) < 4.78 is 5.64. The van der Waals surface area contributed by atoms with Crippen LogP contribution >= 0.6 is 0 Å². The maximum Gasteiger partial charge on any atom is 0.410 e. The number of hydrogen-bond acceptors (Lipinski definition) is 4. The third-order valence-electron chi connectivity index (χ3n) is 5.82. The van der Waals surface area contributed by atoms with Crippen molar-refractivity contribution < 1.29 is 9.53 Å². The third-order valence-corrected chi connectivity index (χ3v) is 5.82. The predicted octanol–water partition coefficient (Wildman–Crippen LogP) is 3.72. The van der Waals surface area contributed by atoms with Gasteiger partial charge in [0, 0.05) is 18.2 Å². The highest BCUT2D eigenvalue weighted by atomic mass is 16.6. The monoisotopic (exact) mass is 355 g/mol. The zero-order valence-electron chi connectivity index (χ0n) is 16.2. The Morgan fingerprint density at radius 3 is 2.81 bits per heavy atom. The molecule has 1 saturated carbocycles. The number of fused-ring (bicyclic) bond motifs is 2. The number of carbonyl (C=O) groups is 1. The van der Waals surface area contributed by atoms with Gasteiger partial charge >= 0.3 is 6.09 Å². The molecule has 2 fully saturated rings. The van der Waals surface area contributed by atoms with E-state index in [9.17, 15) is 4.79 Å². The van der Waals surface area contributed by atoms with Crippen molar-refractivity contribution in [1.29, 1.82) is 5.41 Å². The first-order valence-corrected chi connectivity index (χ1v) is 9.79. The molecule has 1 aliphatic heterocycles. The lowest BCUT2D eigenvalue weighted by Gasteiger charge is -2.36. The number of hydrogen-bond donors (Lipinski definition) is 1. The van der Waals surface area contributed by atoms with E-state index in [1.807, 2.05) is 25.7 Å². The van der Waals surface area contributed by atoms with Crippen LogP contribution in [0.2, 0.25) is 0 Å². The first-order valence-electron chi connectivity index (χ1n) is 9.79. The molecule has 3 aliphatic rings. The van der Waals surface area contributed by atoms with Crippen molar-refractivity contribution in [1.82, 2.24) is 4.90 Å². The van der Waals surface area contributed by atoms with Gasteiger partial charge in [0.1, 0.15) is 13.4 Å². The summed E-state index contributed by atoms with van der Waals surface area (Å²) in [6.07, 6.45) is 9.17. The second-order valence-electron chi connectivity index (χ2n) is 8.84. The molecule has 3 rings (SSSR count). The molecule has 1 amide bonds. The first kappa shape index (κ1) is 19.2. The molecule has 0 aromatic carbocycles. The highest BCUT2D eigenvalue weighted by molar-refractivity contribution is 6.30. The van der Waals surface area contributed by atoms with E-state index in [2.05, 4.69) is 6.08 Å². The van der Waals surface area contributed by atoms with Crippen molar-refractivity contribution in [2.24, 2.45) is 16.8 Å². The maximum atomic E-state index is 12.7. The number of rotatable bonds is 4. The highest BCUT2D eigenvalue weighted by Crippen LogP contribution is 2.43. The minimum absolute atomic E-state index is 0.0998. The predicted molar refractivity (Wildman–Crippen MR) is 105 cm³/mol. The van der Waals surface area contributed by atoms with Crippen LogP contribution in [0.15, 0.2) is 16.5 Å². The first-order chi connectivity index (χ1) is 12.3. The van der Waals surface area contributed by atoms with E-state index < -0.39 is 5.60 Å². The van der Waals surface area contributed by atoms with Gasteiger partial charge in [0.25, 0.3) is 0 Å². The summed E-state index contributed by atoms with van der Waals surface area (Å²) >= 11 is 0. The zero-order valence-corrected chi connectivity index (χ0v) is 16.2. The van der Waals surface area contributed by atoms with Gasteiger partial charge in [-0.25, -0.2) is 4.79 Å². The molecule has 2 aliphatic carbocycles. The summed E-state index contributed by atoms with van der Waals surface area (Å²) in [4.78, 5) is 19.4. The zero-order chi connectivity index (χ0) is 18.9. The van der Waals surface area contributed by atoms with E-state index >= 15 is 0 Å². The van der Waals surface area contributed by atoms with Gasteiger partial charge < -0.3 is 15.0 Å². The quantitative estimate of drug-likeness (QED) is 0.617. The molecule has 1 N–H and O–H groups in total. The summed E-state index contributed by atoms with van der Waals surface area (Å²) in [5.41, 5.74) is 1.29. The lowest BCUT2D eigenvalue weighted by Crippen LogP contribution is -2.48. The normalized spacial score (nSPS) is 31.7. The van der Waals surface area contributed by atoms with Crippen molar-refractivity contribution in [2.45, 2.75) is 77.0 Å². The molecule has 2 radical (unpaired) electrons. The van der Waals surface area contributed by atoms with Crippen molar-refractivity contribution in [3.8, 4) is 0 Å². The average Bonchev–Trinajstić information content (AvgIpc) is 3.16. The van der Waals surface area contributed by atoms with Gasteiger partial charge in [-0.1, -0.05) is 6.08 Å². The molecule has 140 valence electrons. The molecule has 4 atom stereocenters. The van der Waals surface area contributed by atoms with Gasteiger partial charge in [0.05, 0.1) is 18.3 Å². The van der Waals surface area contributed by atoms with Gasteiger partial charge in [-0.3, -0.25) is 4.99 Å². The third kappa shape index (κ3) is 4.21. The van der Waals surface area contributed by atoms with Crippen LogP contribution in [-0.4, -0.2) is 55.0 Å². The van der Waals surface area contributed by atoms with Gasteiger partial charge in [0.2, 0.25) is 0 Å². The van der Waals surface area contributed by atoms with E-state index in [1.165, 1.54) is 6.21 Å². The van der Waals surface area contributed by atoms with E-state index in [4.69, 9.17) is 23.0 Å². The van der Waals surface area contributed by atoms with Crippen molar-refractivity contribution in [2.75, 3.05) is 6.54 Å². The number of piperidine rings is 1. The van der Waals surface area contributed by atoms with E-state index in [0.29, 0.717) is 12.5 Å². The number of carbonyl (C=O) groups excluding carboxylic acids is 1. The number of ether oxygens (including phenoxy) is 1. The number of amides is 1. The van der Waals surface area contributed by atoms with E-state index in [-0.39, 0.29) is 24.1 Å². The smallest absolute Gasteiger partial charge is 0.410 e. The Labute approximate surface area is 158 Å². The van der Waals surface area contributed by atoms with Crippen LogP contribution in [-0.2, 0) is 4.74 Å². The Balaban J connectivity index is 1.70. The van der Waals surface area contributed by atoms with Crippen LogP contribution in [0, 0.1) is 17.2 Å². The molecule has 1 saturated heterocycles. The summed E-state index contributed by atoms with van der Waals surface area (Å²) in [7, 11) is 5.86. The summed E-state index contributed by atoms with van der Waals surface area (Å²) in [5, 5.41) is 7.76. The Morgan fingerprint density at radius 2 is 2.19 bits per heavy atom. The molecule has 1 heterocycles. The van der Waals surface area contributed by atoms with Gasteiger partial charge in [0.15, 0.2) is 0 Å². The number of likely N-dealkylation sites (tertiary alicyclic amines) is 1. The molecule has 0 aromatic rings. The molecular weight excluding hydrogens is 325 g/mol. The molecule has 26 heavy (non-hydrogen) atoms. The van der Waals surface area contributed by atoms with Crippen LogP contribution in [0.4, 0.5) is 4.79 Å². The Hall–Kier alpha value is -1.59. The van der Waals surface area contributed by atoms with E-state index in [1.54, 1.807) is 0 Å². The van der Waals surface area contributed by atoms with Crippen LogP contribution in [0.1, 0.15) is 59.3 Å². The van der Waals surface area contributed by atoms with Crippen LogP contribution in [0.3, 0.4) is 0 Å². The molecule has 5 nitrogen and oxygen atoms in total. The minimum atomic E-state index is -0.485. The fourth-order valence-electron chi connectivity index (χ4n) is 4.54. The molecule has 0 spiro atoms. The Kier molecular flexibility index (Phi) is 5.59. The van der Waals surface area contributed by atoms with E-state index in [0.717, 1.165) is 49.7 Å². The Bertz CT molecular complexity index is 623. The fourth-order valence-corrected chi connectivity index (χ4v) is 4.54. The number of allylic oxidation sites excluding steroid dienone is 2. The second-order valence-corrected chi connectivity index (χ2v) is 8.84. The number of nitrogens with zero attached hydrogens (tertiary/aromatic N) is 2. The highest BCUT2D eigenvalue weighted by Gasteiger charge is 2.49. The van der Waals surface area contributed by atoms with Crippen molar-refractivity contribution in [3.63, 3.8) is 0 Å². The largest absolute Gasteiger partial charge is 0.444 e. The van der Waals surface area contributed by atoms with Crippen LogP contribution in [0.5, 0.6) is 0 Å². The van der Waals surface area contributed by atoms with Crippen molar-refractivity contribution >= 4 is 25.9 Å². The average molecular weight is 355 g/mol. The lowest BCUT2D eigenvalue weighted by molar-refractivity contribution is 0.00863. The van der Waals surface area contributed by atoms with Gasteiger partial charge in [-0.2, -0.15) is 0 Å². The fraction of sp³-hybridized carbons (Fsp3) is 0.750. The molecule has 6 heteroatoms. The molecule has 2 bridgehead atoms. The summed E-state index contributed by atoms with van der Waals surface area (Å²) in [6, 6.07) is 0.388. The maximum absolute atomic E-state index is 12.7. The number of nitrogens with one attached hydrogen (secondary N) is 1. The standard InChI is InChI=1S/C20H30BN3O2/c1-20(2,3)26-19(25)24-16-9-6-14(10-16)18(24)12-23-17(11-22)13-4-7-15(21)8-5-13/h7,11,13-14,16,18,22H,4-6,8-10,12H2,1-3H3. The van der Waals surface area contributed by atoms with Gasteiger partial charge in [-0.15, -0.1) is 5.47 Å².